The minimum Gasteiger partial charge on any atom is -0.494 e. The van der Waals surface area contributed by atoms with E-state index in [-0.39, 0.29) is 45.1 Å². The molecule has 2 aromatic rings. The Morgan fingerprint density at radius 2 is 1.25 bits per heavy atom. The average molecular weight is 505 g/mol. The number of esters is 2. The van der Waals surface area contributed by atoms with Gasteiger partial charge in [0.1, 0.15) is 11.1 Å². The van der Waals surface area contributed by atoms with E-state index in [2.05, 4.69) is 0 Å². The predicted octanol–water partition coefficient (Wildman–Crippen LogP) is 4.79. The van der Waals surface area contributed by atoms with Crippen molar-refractivity contribution in [2.24, 2.45) is 5.73 Å². The topological polar surface area (TPSA) is 97.1 Å². The number of ether oxygens (including phenoxy) is 4. The molecule has 2 N–H and O–H groups in total. The summed E-state index contributed by atoms with van der Waals surface area (Å²) in [6.45, 7) is 0.380. The molecule has 0 fully saturated rings. The van der Waals surface area contributed by atoms with Crippen molar-refractivity contribution in [3.63, 3.8) is 0 Å². The molecule has 0 aliphatic carbocycles. The second-order valence-electron chi connectivity index (χ2n) is 6.26. The van der Waals surface area contributed by atoms with Crippen LogP contribution < -0.4 is 15.2 Å². The van der Waals surface area contributed by atoms with Crippen LogP contribution in [0, 0.1) is 0 Å². The predicted molar refractivity (Wildman–Crippen MR) is 127 cm³/mol. The molecule has 0 aliphatic heterocycles. The Morgan fingerprint density at radius 3 is 1.56 bits per heavy atom. The molecular formula is C22H24Cl3NO6. The van der Waals surface area contributed by atoms with Gasteiger partial charge in [0.15, 0.2) is 11.5 Å². The molecule has 2 rings (SSSR count). The number of halogens is 3. The number of hydrogen-bond acceptors (Lipinski definition) is 7. The third-order valence-corrected chi connectivity index (χ3v) is 5.00. The second kappa shape index (κ2) is 12.6. The van der Waals surface area contributed by atoms with Gasteiger partial charge in [-0.25, -0.2) is 9.59 Å². The van der Waals surface area contributed by atoms with Crippen LogP contribution >= 0.6 is 35.6 Å². The third kappa shape index (κ3) is 5.86. The Balaban J connectivity index is 0.00000512. The summed E-state index contributed by atoms with van der Waals surface area (Å²) < 4.78 is 20.2. The van der Waals surface area contributed by atoms with Gasteiger partial charge < -0.3 is 24.7 Å². The molecule has 2 aromatic carbocycles. The van der Waals surface area contributed by atoms with Crippen LogP contribution in [-0.4, -0.2) is 46.9 Å². The van der Waals surface area contributed by atoms with Crippen molar-refractivity contribution < 1.29 is 28.5 Å². The van der Waals surface area contributed by atoms with Crippen molar-refractivity contribution >= 4 is 53.1 Å². The first kappa shape index (κ1) is 27.6. The zero-order valence-electron chi connectivity index (χ0n) is 18.0. The molecular weight excluding hydrogens is 481 g/mol. The zero-order chi connectivity index (χ0) is 23.1. The number of hydrogen-bond donors (Lipinski definition) is 1. The van der Waals surface area contributed by atoms with Gasteiger partial charge in [0.25, 0.3) is 0 Å². The Labute approximate surface area is 202 Å². The molecule has 0 saturated carbocycles. The van der Waals surface area contributed by atoms with E-state index in [9.17, 15) is 9.59 Å². The first-order valence-electron chi connectivity index (χ1n) is 9.15. The summed E-state index contributed by atoms with van der Waals surface area (Å²) in [4.78, 5) is 24.6. The summed E-state index contributed by atoms with van der Waals surface area (Å²) in [5.74, 6) is -0.833. The third-order valence-electron chi connectivity index (χ3n) is 4.44. The van der Waals surface area contributed by atoms with Gasteiger partial charge in [-0.1, -0.05) is 29.3 Å². The van der Waals surface area contributed by atoms with E-state index < -0.39 is 11.9 Å². The lowest BCUT2D eigenvalue weighted by atomic mass is 9.93. The summed E-state index contributed by atoms with van der Waals surface area (Å²) >= 11 is 12.8. The van der Waals surface area contributed by atoms with Crippen molar-refractivity contribution in [1.82, 2.24) is 0 Å². The molecule has 32 heavy (non-hydrogen) atoms. The Hall–Kier alpha value is -2.45. The second-order valence-corrected chi connectivity index (χ2v) is 7.07. The Bertz CT molecular complexity index is 948. The fourth-order valence-corrected chi connectivity index (χ4v) is 3.66. The first-order chi connectivity index (χ1) is 14.8. The molecule has 0 radical (unpaired) electrons. The number of rotatable bonds is 8. The van der Waals surface area contributed by atoms with Gasteiger partial charge in [0.2, 0.25) is 0 Å². The molecule has 0 heterocycles. The lowest BCUT2D eigenvalue weighted by molar-refractivity contribution is 0.0588. The van der Waals surface area contributed by atoms with Crippen molar-refractivity contribution in [3.8, 4) is 11.5 Å². The summed E-state index contributed by atoms with van der Waals surface area (Å²) in [5, 5.41) is 0.429. The van der Waals surface area contributed by atoms with E-state index in [1.807, 2.05) is 6.08 Å². The van der Waals surface area contributed by atoms with Crippen LogP contribution in [0.15, 0.2) is 30.3 Å². The normalized spacial score (nSPS) is 9.97. The van der Waals surface area contributed by atoms with Gasteiger partial charge in [-0.2, -0.15) is 0 Å². The van der Waals surface area contributed by atoms with Crippen LogP contribution in [0.1, 0.15) is 38.3 Å². The highest BCUT2D eigenvalue weighted by atomic mass is 35.5. The fraction of sp³-hybridized carbons (Fsp3) is 0.273. The molecule has 10 heteroatoms. The summed E-state index contributed by atoms with van der Waals surface area (Å²) in [6, 6.07) is 6.47. The van der Waals surface area contributed by atoms with Crippen LogP contribution in [0.2, 0.25) is 10.0 Å². The average Bonchev–Trinajstić information content (AvgIpc) is 2.77. The standard InChI is InChI=1S/C22H23Cl2NO6.ClH/c1-28-19-15(21(26)30-3)8-12(10-17(19)23)14(6-5-7-25)13-9-16(22(27)31-4)20(29-2)18(24)11-13;/h6,8-11H,5,7,25H2,1-4H3;1H. The quantitative estimate of drug-likeness (QED) is 0.516. The van der Waals surface area contributed by atoms with E-state index in [1.54, 1.807) is 24.3 Å². The largest absolute Gasteiger partial charge is 0.494 e. The highest BCUT2D eigenvalue weighted by Gasteiger charge is 2.22. The van der Waals surface area contributed by atoms with Gasteiger partial charge in [-0.15, -0.1) is 12.4 Å². The molecule has 0 unspecified atom stereocenters. The van der Waals surface area contributed by atoms with Gasteiger partial charge >= 0.3 is 11.9 Å². The lowest BCUT2D eigenvalue weighted by Gasteiger charge is -2.16. The van der Waals surface area contributed by atoms with E-state index in [4.69, 9.17) is 47.9 Å². The van der Waals surface area contributed by atoms with E-state index >= 15 is 0 Å². The van der Waals surface area contributed by atoms with Crippen molar-refractivity contribution in [1.29, 1.82) is 0 Å². The van der Waals surface area contributed by atoms with E-state index in [0.717, 1.165) is 0 Å². The molecule has 0 atom stereocenters. The molecule has 0 amide bonds. The van der Waals surface area contributed by atoms with Crippen molar-refractivity contribution in [2.75, 3.05) is 35.0 Å². The molecule has 0 saturated heterocycles. The maximum absolute atomic E-state index is 12.3. The highest BCUT2D eigenvalue weighted by molar-refractivity contribution is 6.33. The smallest absolute Gasteiger partial charge is 0.341 e. The number of nitrogens with two attached hydrogens (primary N) is 1. The number of methoxy groups -OCH3 is 4. The van der Waals surface area contributed by atoms with Gasteiger partial charge in [0.05, 0.1) is 38.5 Å². The lowest BCUT2D eigenvalue weighted by Crippen LogP contribution is -2.07. The molecule has 7 nitrogen and oxygen atoms in total. The Morgan fingerprint density at radius 1 is 0.844 bits per heavy atom. The SMILES string of the molecule is COC(=O)c1cc(C(=CCCN)c2cc(Cl)c(OC)c(C(=O)OC)c2)cc(Cl)c1OC.Cl. The van der Waals surface area contributed by atoms with Crippen LogP contribution in [0.4, 0.5) is 0 Å². The fourth-order valence-electron chi connectivity index (χ4n) is 3.07. The van der Waals surface area contributed by atoms with Crippen LogP contribution in [0.25, 0.3) is 5.57 Å². The number of carbonyl (C=O) groups excluding carboxylic acids is 2. The molecule has 0 aromatic heterocycles. The van der Waals surface area contributed by atoms with E-state index in [0.29, 0.717) is 29.7 Å². The summed E-state index contributed by atoms with van der Waals surface area (Å²) in [7, 11) is 5.34. The van der Waals surface area contributed by atoms with Crippen LogP contribution in [-0.2, 0) is 9.47 Å². The summed E-state index contributed by atoms with van der Waals surface area (Å²) in [6.07, 6.45) is 2.38. The minimum atomic E-state index is -0.609. The van der Waals surface area contributed by atoms with Crippen LogP contribution in [0.5, 0.6) is 11.5 Å². The van der Waals surface area contributed by atoms with Crippen LogP contribution in [0.3, 0.4) is 0 Å². The Kier molecular flexibility index (Phi) is 10.8. The van der Waals surface area contributed by atoms with Gasteiger partial charge in [0, 0.05) is 0 Å². The molecule has 0 aliphatic rings. The number of carbonyl (C=O) groups is 2. The van der Waals surface area contributed by atoms with Gasteiger partial charge in [-0.3, -0.25) is 0 Å². The monoisotopic (exact) mass is 503 g/mol. The zero-order valence-corrected chi connectivity index (χ0v) is 20.3. The number of benzene rings is 2. The van der Waals surface area contributed by atoms with Gasteiger partial charge in [-0.05, 0) is 53.9 Å². The van der Waals surface area contributed by atoms with E-state index in [1.165, 1.54) is 28.4 Å². The molecule has 0 bridgehead atoms. The highest BCUT2D eigenvalue weighted by Crippen LogP contribution is 2.38. The molecule has 174 valence electrons. The first-order valence-corrected chi connectivity index (χ1v) is 9.91. The maximum Gasteiger partial charge on any atom is 0.341 e. The molecule has 0 spiro atoms. The van der Waals surface area contributed by atoms with Crippen molar-refractivity contribution in [2.45, 2.75) is 6.42 Å². The summed E-state index contributed by atoms with van der Waals surface area (Å²) in [5.41, 5.74) is 7.81. The van der Waals surface area contributed by atoms with Crippen molar-refractivity contribution in [3.05, 3.63) is 62.6 Å². The maximum atomic E-state index is 12.3. The minimum absolute atomic E-state index is 0.